The Hall–Kier alpha value is -7.09. The molecule has 27 heteroatoms. The fraction of sp³-hybridized carbons (Fsp3) is 0.440. The molecular weight excluding hydrogens is 1050 g/mol. The minimum Gasteiger partial charge on any atom is -0.483 e. The molecule has 0 spiro atoms. The number of piperidine rings is 1. The van der Waals surface area contributed by atoms with Gasteiger partial charge in [0.2, 0.25) is 29.5 Å². The number of aromatic nitrogens is 1. The van der Waals surface area contributed by atoms with Crippen LogP contribution in [0, 0.1) is 0 Å². The second kappa shape index (κ2) is 22.5. The molecule has 77 heavy (non-hydrogen) atoms. The zero-order valence-corrected chi connectivity index (χ0v) is 42.8. The number of imide groups is 2. The number of nitrogens with zero attached hydrogens (tertiary/aromatic N) is 4. The predicted octanol–water partition coefficient (Wildman–Crippen LogP) is 2.04. The monoisotopic (exact) mass is 1110 g/mol. The van der Waals surface area contributed by atoms with Gasteiger partial charge in [-0.15, -0.1) is 11.3 Å². The third kappa shape index (κ3) is 11.3. The Morgan fingerprint density at radius 2 is 1.65 bits per heavy atom. The van der Waals surface area contributed by atoms with Crippen LogP contribution in [0.5, 0.6) is 5.75 Å². The van der Waals surface area contributed by atoms with Gasteiger partial charge < -0.3 is 49.7 Å². The Kier molecular flexibility index (Phi) is 16.0. The molecule has 5 aliphatic heterocycles. The minimum atomic E-state index is -5.83. The predicted molar refractivity (Wildman–Crippen MR) is 265 cm³/mol. The smallest absolute Gasteiger partial charge is 0.399 e. The molecule has 6 N–H and O–H groups in total. The van der Waals surface area contributed by atoms with E-state index in [0.717, 1.165) is 34.8 Å². The molecule has 0 saturated carbocycles. The highest BCUT2D eigenvalue weighted by Gasteiger charge is 2.54. The molecule has 0 bridgehead atoms. The van der Waals surface area contributed by atoms with Crippen molar-refractivity contribution in [2.24, 2.45) is 0 Å². The number of rotatable bonds is 19. The maximum atomic E-state index is 14.5. The summed E-state index contributed by atoms with van der Waals surface area (Å²) < 4.78 is 57.5. The van der Waals surface area contributed by atoms with Gasteiger partial charge in [-0.3, -0.25) is 62.9 Å². The molecule has 4 atom stereocenters. The van der Waals surface area contributed by atoms with Gasteiger partial charge in [-0.25, -0.2) is 0 Å². The Labute approximate surface area is 441 Å². The summed E-state index contributed by atoms with van der Waals surface area (Å²) in [5.41, 5.74) is -6.01. The summed E-state index contributed by atoms with van der Waals surface area (Å²) in [5.74, 6) is -5.23. The SMILES string of the molecule is O=C(COc1cccc2c1C(=O)N(C1CCC(=O)NC1=O)C2=O)NCCOCCOCC(=O)NC1(c2ccccn2)CN(C(=O)[C@@H]2CC[C@H]3CCCC[C@H](NC(=O)c4cc5cc(C(F)(F)P(=O)(O)O)ccc5s4)C(=O)N32)C1. The largest absolute Gasteiger partial charge is 0.483 e. The first kappa shape index (κ1) is 54.7. The molecule has 9 rings (SSSR count). The summed E-state index contributed by atoms with van der Waals surface area (Å²) in [6.45, 7) is -0.580. The number of alkyl halides is 2. The lowest BCUT2D eigenvalue weighted by molar-refractivity contribution is -0.154. The number of halogens is 2. The topological polar surface area (TPSA) is 310 Å². The molecule has 4 aromatic rings. The molecule has 2 aromatic carbocycles. The Balaban J connectivity index is 0.721. The second-order valence-electron chi connectivity index (χ2n) is 19.2. The van der Waals surface area contributed by atoms with Gasteiger partial charge in [0, 0.05) is 35.5 Å². The number of hydrogen-bond acceptors (Lipinski definition) is 15. The van der Waals surface area contributed by atoms with E-state index in [1.807, 2.05) is 0 Å². The van der Waals surface area contributed by atoms with Crippen molar-refractivity contribution in [3.05, 3.63) is 94.1 Å². The number of ether oxygens (including phenoxy) is 3. The van der Waals surface area contributed by atoms with Crippen molar-refractivity contribution in [3.63, 3.8) is 0 Å². The van der Waals surface area contributed by atoms with Crippen molar-refractivity contribution in [1.82, 2.24) is 41.0 Å². The minimum absolute atomic E-state index is 0.00425. The van der Waals surface area contributed by atoms with Crippen LogP contribution in [-0.2, 0) is 54.0 Å². The quantitative estimate of drug-likeness (QED) is 0.0445. The number of fused-ring (bicyclic) bond motifs is 3. The number of nitrogens with one attached hydrogen (secondary N) is 4. The number of carbonyl (C=O) groups excluding carboxylic acids is 9. The number of hydrogen-bond donors (Lipinski definition) is 6. The number of carbonyl (C=O) groups is 9. The highest BCUT2D eigenvalue weighted by Crippen LogP contribution is 2.59. The summed E-state index contributed by atoms with van der Waals surface area (Å²) in [6, 6.07) is 10.6. The van der Waals surface area contributed by atoms with Crippen molar-refractivity contribution in [2.45, 2.75) is 86.7 Å². The summed E-state index contributed by atoms with van der Waals surface area (Å²) in [4.78, 5) is 145. The molecule has 0 aliphatic carbocycles. The van der Waals surface area contributed by atoms with Crippen LogP contribution in [0.1, 0.15) is 93.0 Å². The fourth-order valence-electron chi connectivity index (χ4n) is 10.3. The third-order valence-electron chi connectivity index (χ3n) is 14.1. The van der Waals surface area contributed by atoms with Gasteiger partial charge in [0.1, 0.15) is 36.0 Å². The van der Waals surface area contributed by atoms with Gasteiger partial charge in [0.05, 0.1) is 54.6 Å². The van der Waals surface area contributed by atoms with Crippen molar-refractivity contribution in [1.29, 1.82) is 0 Å². The van der Waals surface area contributed by atoms with Gasteiger partial charge in [0.15, 0.2) is 6.61 Å². The third-order valence-corrected chi connectivity index (χ3v) is 16.2. The second-order valence-corrected chi connectivity index (χ2v) is 22.0. The van der Waals surface area contributed by atoms with Crippen molar-refractivity contribution < 1.29 is 80.5 Å². The standard InChI is InChI=1S/C50H53F2N8O15PS/c51-50(52,76(70,71)72)29-11-15-36-28(22-29)23-37(77-36)44(65)55-32-8-2-1-6-30-12-13-34(59(30)46(32)67)47(68)58-26-49(27-58,38-10-3-4-17-53-38)57-41(63)24-74-21-20-73-19-18-54-40(62)25-75-35-9-5-7-31-42(35)48(69)60(45(31)66)33-14-16-39(61)56-43(33)64/h3-5,7,9-11,15,17,22-23,30,32-34H,1-2,6,8,12-14,16,18-21,24-27H2,(H,54,62)(H,55,65)(H,57,63)(H,56,61,64)(H2,70,71,72)/t30-,32+,33?,34+/m1/s1. The number of thiophene rings is 1. The van der Waals surface area contributed by atoms with Crippen LogP contribution in [0.15, 0.2) is 66.9 Å². The first-order valence-electron chi connectivity index (χ1n) is 24.8. The lowest BCUT2D eigenvalue weighted by Gasteiger charge is -2.51. The van der Waals surface area contributed by atoms with E-state index in [0.29, 0.717) is 36.1 Å². The maximum absolute atomic E-state index is 14.5. The summed E-state index contributed by atoms with van der Waals surface area (Å²) in [5, 5.41) is 10.7. The zero-order chi connectivity index (χ0) is 54.8. The zero-order valence-electron chi connectivity index (χ0n) is 41.1. The van der Waals surface area contributed by atoms with Crippen molar-refractivity contribution in [3.8, 4) is 5.75 Å². The molecule has 5 aliphatic rings. The molecule has 0 radical (unpaired) electrons. The molecule has 23 nitrogen and oxygen atoms in total. The van der Waals surface area contributed by atoms with Gasteiger partial charge in [0.25, 0.3) is 23.6 Å². The van der Waals surface area contributed by atoms with Crippen LogP contribution in [-0.4, -0.2) is 159 Å². The van der Waals surface area contributed by atoms with Gasteiger partial charge in [-0.05, 0) is 80.0 Å². The summed E-state index contributed by atoms with van der Waals surface area (Å²) in [7, 11) is -5.83. The van der Waals surface area contributed by atoms with Gasteiger partial charge in [-0.2, -0.15) is 8.78 Å². The van der Waals surface area contributed by atoms with Gasteiger partial charge >= 0.3 is 13.3 Å². The van der Waals surface area contributed by atoms with E-state index in [4.69, 9.17) is 14.2 Å². The molecule has 408 valence electrons. The average molecular weight is 1110 g/mol. The van der Waals surface area contributed by atoms with Crippen LogP contribution in [0.4, 0.5) is 8.78 Å². The van der Waals surface area contributed by atoms with Crippen LogP contribution in [0.25, 0.3) is 10.1 Å². The van der Waals surface area contributed by atoms with E-state index in [-0.39, 0.29) is 104 Å². The number of likely N-dealkylation sites (tertiary alicyclic amines) is 1. The molecule has 4 fully saturated rings. The van der Waals surface area contributed by atoms with E-state index >= 15 is 0 Å². The Morgan fingerprint density at radius 3 is 2.40 bits per heavy atom. The maximum Gasteiger partial charge on any atom is 0.399 e. The Morgan fingerprint density at radius 1 is 0.870 bits per heavy atom. The highest BCUT2D eigenvalue weighted by molar-refractivity contribution is 7.52. The summed E-state index contributed by atoms with van der Waals surface area (Å²) in [6.07, 6.45) is 4.74. The van der Waals surface area contributed by atoms with Crippen molar-refractivity contribution in [2.75, 3.05) is 52.7 Å². The highest BCUT2D eigenvalue weighted by atomic mass is 32.1. The number of benzene rings is 2. The van der Waals surface area contributed by atoms with E-state index in [1.54, 1.807) is 34.2 Å². The molecule has 7 heterocycles. The lowest BCUT2D eigenvalue weighted by Crippen LogP contribution is -2.71. The lowest BCUT2D eigenvalue weighted by atomic mass is 9.84. The van der Waals surface area contributed by atoms with E-state index in [1.165, 1.54) is 30.3 Å². The van der Waals surface area contributed by atoms with E-state index in [9.17, 15) is 66.3 Å². The van der Waals surface area contributed by atoms with E-state index in [2.05, 4.69) is 26.3 Å². The normalized spacial score (nSPS) is 21.4. The fourth-order valence-corrected chi connectivity index (χ4v) is 11.7. The molecule has 2 aromatic heterocycles. The molecule has 4 saturated heterocycles. The van der Waals surface area contributed by atoms with Crippen LogP contribution < -0.4 is 26.0 Å². The summed E-state index contributed by atoms with van der Waals surface area (Å²) >= 11 is 0.964. The van der Waals surface area contributed by atoms with Crippen LogP contribution in [0.3, 0.4) is 0 Å². The number of pyridine rings is 1. The van der Waals surface area contributed by atoms with E-state index < -0.39 is 96.4 Å². The van der Waals surface area contributed by atoms with Crippen LogP contribution in [0.2, 0.25) is 0 Å². The van der Waals surface area contributed by atoms with Crippen LogP contribution >= 0.6 is 18.9 Å². The number of amides is 9. The molecule has 1 unspecified atom stereocenters. The molecule has 9 amide bonds. The molecular formula is C50H53F2N8O15PS. The Bertz CT molecular complexity index is 3080. The van der Waals surface area contributed by atoms with Gasteiger partial charge in [-0.1, -0.05) is 31.0 Å². The average Bonchev–Trinajstić information content (AvgIpc) is 4.23. The van der Waals surface area contributed by atoms with Crippen molar-refractivity contribution >= 4 is 82.2 Å². The first-order chi connectivity index (χ1) is 36.8. The first-order valence-corrected chi connectivity index (χ1v) is 27.2.